The monoisotopic (exact) mass is 448 g/mol. The lowest BCUT2D eigenvalue weighted by Crippen LogP contribution is -2.43. The first-order chi connectivity index (χ1) is 16.0. The summed E-state index contributed by atoms with van der Waals surface area (Å²) in [5, 5.41) is 0. The van der Waals surface area contributed by atoms with Crippen molar-refractivity contribution in [3.63, 3.8) is 0 Å². The molecule has 2 saturated heterocycles. The van der Waals surface area contributed by atoms with Gasteiger partial charge in [-0.3, -0.25) is 14.5 Å². The van der Waals surface area contributed by atoms with Crippen LogP contribution >= 0.6 is 0 Å². The van der Waals surface area contributed by atoms with Crippen molar-refractivity contribution >= 4 is 17.6 Å². The second-order valence-corrected chi connectivity index (χ2v) is 9.54. The molecule has 174 valence electrons. The molecule has 1 aromatic heterocycles. The number of aryl methyl sites for hydroxylation is 2. The normalized spacial score (nSPS) is 21.4. The number of hydrogen-bond donors (Lipinski definition) is 0. The Morgan fingerprint density at radius 3 is 2.52 bits per heavy atom. The van der Waals surface area contributed by atoms with Crippen LogP contribution in [0.1, 0.15) is 66.2 Å². The predicted molar refractivity (Wildman–Crippen MR) is 125 cm³/mol. The molecule has 0 N–H and O–H groups in total. The average Bonchev–Trinajstić information content (AvgIpc) is 3.37. The van der Waals surface area contributed by atoms with Gasteiger partial charge in [0.1, 0.15) is 17.7 Å². The van der Waals surface area contributed by atoms with Crippen LogP contribution in [0.15, 0.2) is 24.3 Å². The highest BCUT2D eigenvalue weighted by molar-refractivity contribution is 5.95. The summed E-state index contributed by atoms with van der Waals surface area (Å²) in [7, 11) is 0. The third-order valence-corrected chi connectivity index (χ3v) is 7.19. The highest BCUT2D eigenvalue weighted by atomic mass is 16.5. The number of fused-ring (bicyclic) bond motifs is 1. The Morgan fingerprint density at radius 2 is 1.82 bits per heavy atom. The molecule has 0 saturated carbocycles. The Balaban J connectivity index is 1.34. The molecule has 2 amide bonds. The highest BCUT2D eigenvalue weighted by Gasteiger charge is 2.34. The van der Waals surface area contributed by atoms with Crippen LogP contribution in [-0.4, -0.2) is 52.5 Å². The Hall–Kier alpha value is -2.80. The van der Waals surface area contributed by atoms with Gasteiger partial charge in [0.2, 0.25) is 5.91 Å². The lowest BCUT2D eigenvalue weighted by molar-refractivity contribution is -0.142. The molecular formula is C26H32N4O3. The molecule has 0 aliphatic carbocycles. The van der Waals surface area contributed by atoms with Crippen LogP contribution in [0.25, 0.3) is 0 Å². The Morgan fingerprint density at radius 1 is 1.06 bits per heavy atom. The van der Waals surface area contributed by atoms with Crippen LogP contribution in [0.2, 0.25) is 0 Å². The molecule has 7 nitrogen and oxygen atoms in total. The number of carbonyl (C=O) groups excluding carboxylic acids is 2. The zero-order valence-electron chi connectivity index (χ0n) is 19.5. The van der Waals surface area contributed by atoms with E-state index in [1.165, 1.54) is 5.56 Å². The summed E-state index contributed by atoms with van der Waals surface area (Å²) in [6, 6.07) is 8.30. The molecule has 1 atom stereocenters. The lowest BCUT2D eigenvalue weighted by Gasteiger charge is -2.34. The van der Waals surface area contributed by atoms with Gasteiger partial charge in [0.15, 0.2) is 0 Å². The lowest BCUT2D eigenvalue weighted by atomic mass is 9.94. The minimum absolute atomic E-state index is 0.115. The summed E-state index contributed by atoms with van der Waals surface area (Å²) in [4.78, 5) is 39.2. The van der Waals surface area contributed by atoms with Gasteiger partial charge in [0, 0.05) is 43.3 Å². The first-order valence-electron chi connectivity index (χ1n) is 12.1. The van der Waals surface area contributed by atoms with Crippen molar-refractivity contribution in [1.82, 2.24) is 14.9 Å². The molecule has 1 unspecified atom stereocenters. The number of amides is 2. The second-order valence-electron chi connectivity index (χ2n) is 9.54. The third kappa shape index (κ3) is 4.51. The van der Waals surface area contributed by atoms with E-state index >= 15 is 0 Å². The number of rotatable bonds is 4. The fourth-order valence-corrected chi connectivity index (χ4v) is 5.16. The number of carbonyl (C=O) groups is 2. The largest absolute Gasteiger partial charge is 0.368 e. The molecule has 7 heteroatoms. The van der Waals surface area contributed by atoms with E-state index in [0.717, 1.165) is 54.1 Å². The first kappa shape index (κ1) is 22.0. The number of aromatic nitrogens is 2. The van der Waals surface area contributed by atoms with Crippen molar-refractivity contribution in [2.45, 2.75) is 70.9 Å². The summed E-state index contributed by atoms with van der Waals surface area (Å²) >= 11 is 0. The zero-order valence-corrected chi connectivity index (χ0v) is 19.5. The SMILES string of the molecule is Cc1ccc(CN2C(=O)CCc3c(C)nc(C4CCN(C(=O)C5CCCO5)CC4)nc32)cc1. The summed E-state index contributed by atoms with van der Waals surface area (Å²) < 4.78 is 5.58. The topological polar surface area (TPSA) is 75.6 Å². The highest BCUT2D eigenvalue weighted by Crippen LogP contribution is 2.33. The number of anilines is 1. The molecular weight excluding hydrogens is 416 g/mol. The summed E-state index contributed by atoms with van der Waals surface area (Å²) in [5.41, 5.74) is 4.35. The van der Waals surface area contributed by atoms with Crippen LogP contribution in [-0.2, 0) is 27.3 Å². The van der Waals surface area contributed by atoms with Crippen molar-refractivity contribution in [2.24, 2.45) is 0 Å². The van der Waals surface area contributed by atoms with E-state index in [0.29, 0.717) is 39.1 Å². The number of likely N-dealkylation sites (tertiary alicyclic amines) is 1. The van der Waals surface area contributed by atoms with Gasteiger partial charge in [-0.05, 0) is 51.5 Å². The van der Waals surface area contributed by atoms with Gasteiger partial charge < -0.3 is 9.64 Å². The Kier molecular flexibility index (Phi) is 6.15. The molecule has 33 heavy (non-hydrogen) atoms. The number of nitrogens with zero attached hydrogens (tertiary/aromatic N) is 4. The zero-order chi connectivity index (χ0) is 22.9. The Bertz CT molecular complexity index is 1040. The number of ether oxygens (including phenoxy) is 1. The molecule has 1 aromatic carbocycles. The summed E-state index contributed by atoms with van der Waals surface area (Å²) in [6.45, 7) is 6.71. The second kappa shape index (κ2) is 9.21. The third-order valence-electron chi connectivity index (χ3n) is 7.19. The van der Waals surface area contributed by atoms with Crippen LogP contribution < -0.4 is 4.90 Å². The van der Waals surface area contributed by atoms with E-state index in [4.69, 9.17) is 14.7 Å². The van der Waals surface area contributed by atoms with Crippen molar-refractivity contribution < 1.29 is 14.3 Å². The molecule has 3 aliphatic heterocycles. The van der Waals surface area contributed by atoms with Crippen LogP contribution in [0, 0.1) is 13.8 Å². The maximum absolute atomic E-state index is 12.9. The van der Waals surface area contributed by atoms with E-state index in [9.17, 15) is 9.59 Å². The van der Waals surface area contributed by atoms with Gasteiger partial charge in [0.25, 0.3) is 5.91 Å². The molecule has 4 heterocycles. The van der Waals surface area contributed by atoms with Crippen molar-refractivity contribution in [2.75, 3.05) is 24.6 Å². The quantitative estimate of drug-likeness (QED) is 0.716. The van der Waals surface area contributed by atoms with Crippen molar-refractivity contribution in [3.8, 4) is 0 Å². The minimum atomic E-state index is -0.259. The summed E-state index contributed by atoms with van der Waals surface area (Å²) in [5.74, 6) is 2.01. The molecule has 5 rings (SSSR count). The standard InChI is InChI=1S/C26H32N4O3/c1-17-5-7-19(8-6-17)16-30-23(31)10-9-21-18(2)27-24(28-25(21)30)20-11-13-29(14-12-20)26(32)22-4-3-15-33-22/h5-8,20,22H,3-4,9-16H2,1-2H3. The first-order valence-corrected chi connectivity index (χ1v) is 12.1. The predicted octanol–water partition coefficient (Wildman–Crippen LogP) is 3.46. The van der Waals surface area contributed by atoms with E-state index in [-0.39, 0.29) is 23.8 Å². The summed E-state index contributed by atoms with van der Waals surface area (Å²) in [6.07, 6.45) is 4.39. The van der Waals surface area contributed by atoms with Gasteiger partial charge >= 0.3 is 0 Å². The molecule has 0 bridgehead atoms. The molecule has 2 fully saturated rings. The van der Waals surface area contributed by atoms with Gasteiger partial charge in [-0.25, -0.2) is 9.97 Å². The van der Waals surface area contributed by atoms with Gasteiger partial charge in [-0.1, -0.05) is 29.8 Å². The fourth-order valence-electron chi connectivity index (χ4n) is 5.16. The Labute approximate surface area is 195 Å². The minimum Gasteiger partial charge on any atom is -0.368 e. The van der Waals surface area contributed by atoms with Crippen LogP contribution in [0.4, 0.5) is 5.82 Å². The van der Waals surface area contributed by atoms with Crippen molar-refractivity contribution in [1.29, 1.82) is 0 Å². The maximum atomic E-state index is 12.9. The van der Waals surface area contributed by atoms with Crippen LogP contribution in [0.5, 0.6) is 0 Å². The van der Waals surface area contributed by atoms with Gasteiger partial charge in [-0.2, -0.15) is 0 Å². The van der Waals surface area contributed by atoms with E-state index < -0.39 is 0 Å². The number of benzene rings is 1. The van der Waals surface area contributed by atoms with Crippen LogP contribution in [0.3, 0.4) is 0 Å². The average molecular weight is 449 g/mol. The van der Waals surface area contributed by atoms with Crippen molar-refractivity contribution in [3.05, 3.63) is 52.5 Å². The van der Waals surface area contributed by atoms with E-state index in [1.54, 1.807) is 0 Å². The molecule has 0 spiro atoms. The molecule has 3 aliphatic rings. The fraction of sp³-hybridized carbons (Fsp3) is 0.538. The maximum Gasteiger partial charge on any atom is 0.251 e. The van der Waals surface area contributed by atoms with E-state index in [1.807, 2.05) is 16.7 Å². The van der Waals surface area contributed by atoms with Gasteiger partial charge in [-0.15, -0.1) is 0 Å². The van der Waals surface area contributed by atoms with E-state index in [2.05, 4.69) is 31.2 Å². The number of piperidine rings is 1. The van der Waals surface area contributed by atoms with Gasteiger partial charge in [0.05, 0.1) is 6.54 Å². The molecule has 2 aromatic rings. The number of hydrogen-bond acceptors (Lipinski definition) is 5. The smallest absolute Gasteiger partial charge is 0.251 e. The molecule has 0 radical (unpaired) electrons.